The molecular formula is C24H31N5O3S. The Hall–Kier alpha value is -2.78. The molecule has 0 bridgehead atoms. The van der Waals surface area contributed by atoms with Crippen LogP contribution in [0.5, 0.6) is 0 Å². The third kappa shape index (κ3) is 4.65. The summed E-state index contributed by atoms with van der Waals surface area (Å²) in [5.74, 6) is -0.186. The molecule has 0 atom stereocenters. The quantitative estimate of drug-likeness (QED) is 0.571. The van der Waals surface area contributed by atoms with E-state index in [0.717, 1.165) is 25.0 Å². The van der Waals surface area contributed by atoms with E-state index in [-0.39, 0.29) is 22.8 Å². The second-order valence-electron chi connectivity index (χ2n) is 9.12. The first-order valence-electron chi connectivity index (χ1n) is 11.5. The molecule has 4 rings (SSSR count). The van der Waals surface area contributed by atoms with Gasteiger partial charge in [-0.05, 0) is 56.9 Å². The molecule has 0 radical (unpaired) electrons. The number of benzene rings is 1. The van der Waals surface area contributed by atoms with E-state index < -0.39 is 10.0 Å². The minimum atomic E-state index is -3.59. The summed E-state index contributed by atoms with van der Waals surface area (Å²) < 4.78 is 29.4. The average molecular weight is 470 g/mol. The third-order valence-electron chi connectivity index (χ3n) is 5.96. The summed E-state index contributed by atoms with van der Waals surface area (Å²) >= 11 is 0. The van der Waals surface area contributed by atoms with Crippen LogP contribution in [0.4, 0.5) is 5.69 Å². The van der Waals surface area contributed by atoms with Crippen molar-refractivity contribution in [1.29, 1.82) is 0 Å². The lowest BCUT2D eigenvalue weighted by Crippen LogP contribution is -2.35. The minimum Gasteiger partial charge on any atom is -0.322 e. The first kappa shape index (κ1) is 23.4. The standard InChI is InChI=1S/C24H31N5O3S/c1-16(2)22-14-20(21-15-25-29(17(3)4)23(21)27-22)24(30)26-18-9-8-10-19(13-18)33(31,32)28-11-6-5-7-12-28/h8-10,13-17H,5-7,11-12H2,1-4H3,(H,26,30). The second kappa shape index (κ2) is 9.23. The van der Waals surface area contributed by atoms with E-state index >= 15 is 0 Å². The molecular weight excluding hydrogens is 438 g/mol. The Labute approximate surface area is 195 Å². The Balaban J connectivity index is 1.67. The number of anilines is 1. The lowest BCUT2D eigenvalue weighted by atomic mass is 10.0. The second-order valence-corrected chi connectivity index (χ2v) is 11.1. The molecule has 33 heavy (non-hydrogen) atoms. The van der Waals surface area contributed by atoms with Crippen LogP contribution in [0.3, 0.4) is 0 Å². The third-order valence-corrected chi connectivity index (χ3v) is 7.85. The Morgan fingerprint density at radius 1 is 1.06 bits per heavy atom. The molecule has 2 aromatic heterocycles. The lowest BCUT2D eigenvalue weighted by Gasteiger charge is -2.26. The molecule has 9 heteroatoms. The first-order valence-corrected chi connectivity index (χ1v) is 12.9. The van der Waals surface area contributed by atoms with Crippen LogP contribution in [0.15, 0.2) is 41.4 Å². The number of pyridine rings is 1. The van der Waals surface area contributed by atoms with Crippen molar-refractivity contribution in [2.75, 3.05) is 18.4 Å². The van der Waals surface area contributed by atoms with Gasteiger partial charge in [0.15, 0.2) is 5.65 Å². The number of amides is 1. The summed E-state index contributed by atoms with van der Waals surface area (Å²) in [5.41, 5.74) is 2.38. The van der Waals surface area contributed by atoms with Crippen LogP contribution in [-0.4, -0.2) is 46.5 Å². The molecule has 0 unspecified atom stereocenters. The van der Waals surface area contributed by atoms with Crippen molar-refractivity contribution >= 4 is 32.7 Å². The topological polar surface area (TPSA) is 97.2 Å². The highest BCUT2D eigenvalue weighted by Gasteiger charge is 2.26. The van der Waals surface area contributed by atoms with Gasteiger partial charge in [-0.15, -0.1) is 0 Å². The maximum Gasteiger partial charge on any atom is 0.256 e. The van der Waals surface area contributed by atoms with Gasteiger partial charge in [0.1, 0.15) is 0 Å². The van der Waals surface area contributed by atoms with Crippen molar-refractivity contribution in [2.24, 2.45) is 0 Å². The molecule has 0 aliphatic carbocycles. The van der Waals surface area contributed by atoms with Crippen LogP contribution < -0.4 is 5.32 Å². The van der Waals surface area contributed by atoms with Crippen LogP contribution >= 0.6 is 0 Å². The highest BCUT2D eigenvalue weighted by molar-refractivity contribution is 7.89. The molecule has 1 aromatic carbocycles. The van der Waals surface area contributed by atoms with Crippen LogP contribution in [0.1, 0.15) is 75.0 Å². The van der Waals surface area contributed by atoms with Crippen LogP contribution in [0.2, 0.25) is 0 Å². The van der Waals surface area contributed by atoms with E-state index in [2.05, 4.69) is 10.4 Å². The van der Waals surface area contributed by atoms with Gasteiger partial charge in [-0.25, -0.2) is 18.1 Å². The van der Waals surface area contributed by atoms with Crippen molar-refractivity contribution in [3.05, 3.63) is 47.8 Å². The summed E-state index contributed by atoms with van der Waals surface area (Å²) in [6.07, 6.45) is 4.46. The molecule has 8 nitrogen and oxygen atoms in total. The summed E-state index contributed by atoms with van der Waals surface area (Å²) in [5, 5.41) is 7.99. The van der Waals surface area contributed by atoms with Crippen molar-refractivity contribution in [2.45, 2.75) is 63.8 Å². The van der Waals surface area contributed by atoms with Crippen molar-refractivity contribution in [3.8, 4) is 0 Å². The fourth-order valence-electron chi connectivity index (χ4n) is 4.09. The van der Waals surface area contributed by atoms with Gasteiger partial charge >= 0.3 is 0 Å². The van der Waals surface area contributed by atoms with Crippen molar-refractivity contribution in [1.82, 2.24) is 19.1 Å². The average Bonchev–Trinajstić information content (AvgIpc) is 3.23. The fourth-order valence-corrected chi connectivity index (χ4v) is 5.65. The number of nitrogens with one attached hydrogen (secondary N) is 1. The molecule has 176 valence electrons. The number of carbonyl (C=O) groups excluding carboxylic acids is 1. The SMILES string of the molecule is CC(C)c1cc(C(=O)Nc2cccc(S(=O)(=O)N3CCCCC3)c2)c2cnn(C(C)C)c2n1. The lowest BCUT2D eigenvalue weighted by molar-refractivity contribution is 0.102. The Morgan fingerprint density at radius 3 is 2.45 bits per heavy atom. The van der Waals surface area contributed by atoms with Gasteiger partial charge in [0, 0.05) is 30.5 Å². The summed E-state index contributed by atoms with van der Waals surface area (Å²) in [4.78, 5) is 18.2. The van der Waals surface area contributed by atoms with Gasteiger partial charge < -0.3 is 5.32 Å². The number of sulfonamides is 1. The van der Waals surface area contributed by atoms with Crippen LogP contribution in [0, 0.1) is 0 Å². The fraction of sp³-hybridized carbons (Fsp3) is 0.458. The summed E-state index contributed by atoms with van der Waals surface area (Å²) in [6, 6.07) is 8.36. The molecule has 1 amide bonds. The number of aromatic nitrogens is 3. The minimum absolute atomic E-state index is 0.102. The van der Waals surface area contributed by atoms with Gasteiger partial charge in [0.2, 0.25) is 10.0 Å². The number of fused-ring (bicyclic) bond motifs is 1. The van der Waals surface area contributed by atoms with E-state index in [1.807, 2.05) is 32.4 Å². The molecule has 1 aliphatic heterocycles. The zero-order valence-corrected chi connectivity index (χ0v) is 20.4. The molecule has 1 saturated heterocycles. The van der Waals surface area contributed by atoms with E-state index in [9.17, 15) is 13.2 Å². The van der Waals surface area contributed by atoms with Crippen LogP contribution in [-0.2, 0) is 10.0 Å². The Morgan fingerprint density at radius 2 is 1.79 bits per heavy atom. The maximum atomic E-state index is 13.3. The molecule has 0 saturated carbocycles. The zero-order chi connectivity index (χ0) is 23.8. The number of hydrogen-bond acceptors (Lipinski definition) is 5. The molecule has 3 heterocycles. The van der Waals surface area contributed by atoms with E-state index in [1.165, 1.54) is 10.4 Å². The maximum absolute atomic E-state index is 13.3. The monoisotopic (exact) mass is 469 g/mol. The van der Waals surface area contributed by atoms with Gasteiger partial charge in [-0.1, -0.05) is 26.3 Å². The summed E-state index contributed by atoms with van der Waals surface area (Å²) in [6.45, 7) is 9.16. The van der Waals surface area contributed by atoms with Crippen molar-refractivity contribution < 1.29 is 13.2 Å². The predicted molar refractivity (Wildman–Crippen MR) is 129 cm³/mol. The van der Waals surface area contributed by atoms with Gasteiger partial charge in [-0.2, -0.15) is 9.40 Å². The number of piperidine rings is 1. The molecule has 1 aliphatic rings. The highest BCUT2D eigenvalue weighted by atomic mass is 32.2. The van der Waals surface area contributed by atoms with Gasteiger partial charge in [0.05, 0.1) is 22.0 Å². The molecule has 1 fully saturated rings. The van der Waals surface area contributed by atoms with Crippen LogP contribution in [0.25, 0.3) is 11.0 Å². The number of nitrogens with zero attached hydrogens (tertiary/aromatic N) is 4. The Kier molecular flexibility index (Phi) is 6.54. The van der Waals surface area contributed by atoms with Gasteiger partial charge in [-0.3, -0.25) is 4.79 Å². The normalized spacial score (nSPS) is 15.5. The molecule has 3 aromatic rings. The smallest absolute Gasteiger partial charge is 0.256 e. The van der Waals surface area contributed by atoms with E-state index in [4.69, 9.17) is 4.98 Å². The molecule has 0 spiro atoms. The Bertz CT molecular complexity index is 1270. The molecule has 1 N–H and O–H groups in total. The highest BCUT2D eigenvalue weighted by Crippen LogP contribution is 2.27. The van der Waals surface area contributed by atoms with E-state index in [0.29, 0.717) is 35.4 Å². The summed E-state index contributed by atoms with van der Waals surface area (Å²) in [7, 11) is -3.59. The number of hydrogen-bond donors (Lipinski definition) is 1. The predicted octanol–water partition coefficient (Wildman–Crippen LogP) is 4.56. The number of rotatable bonds is 6. The van der Waals surface area contributed by atoms with Crippen molar-refractivity contribution in [3.63, 3.8) is 0 Å². The first-order chi connectivity index (χ1) is 15.7. The largest absolute Gasteiger partial charge is 0.322 e. The van der Waals surface area contributed by atoms with Gasteiger partial charge in [0.25, 0.3) is 5.91 Å². The zero-order valence-electron chi connectivity index (χ0n) is 19.6. The number of carbonyl (C=O) groups is 1. The van der Waals surface area contributed by atoms with E-state index in [1.54, 1.807) is 30.5 Å².